The molecule has 0 spiro atoms. The Morgan fingerprint density at radius 1 is 1.18 bits per heavy atom. The van der Waals surface area contributed by atoms with Gasteiger partial charge in [-0.15, -0.1) is 0 Å². The van der Waals surface area contributed by atoms with Gasteiger partial charge >= 0.3 is 0 Å². The molecule has 0 aliphatic heterocycles. The van der Waals surface area contributed by atoms with Crippen LogP contribution in [0.15, 0.2) is 0 Å². The van der Waals surface area contributed by atoms with Crippen molar-refractivity contribution in [1.29, 1.82) is 0 Å². The number of nitrogens with zero attached hydrogens (tertiary/aromatic N) is 1. The molecule has 0 aromatic rings. The van der Waals surface area contributed by atoms with Gasteiger partial charge in [0, 0.05) is 5.54 Å². The fourth-order valence-corrected chi connectivity index (χ4v) is 3.09. The molecule has 4 N–H and O–H groups in total. The highest BCUT2D eigenvalue weighted by Crippen LogP contribution is 2.45. The van der Waals surface area contributed by atoms with Gasteiger partial charge in [-0.25, -0.2) is 0 Å². The van der Waals surface area contributed by atoms with Crippen LogP contribution >= 0.6 is 0 Å². The van der Waals surface area contributed by atoms with Gasteiger partial charge < -0.3 is 16.4 Å². The highest BCUT2D eigenvalue weighted by Gasteiger charge is 2.41. The zero-order valence-corrected chi connectivity index (χ0v) is 11.8. The third-order valence-corrected chi connectivity index (χ3v) is 4.37. The summed E-state index contributed by atoms with van der Waals surface area (Å²) in [6.45, 7) is 8.63. The Kier molecular flexibility index (Phi) is 6.45. The monoisotopic (exact) mass is 241 g/mol. The summed E-state index contributed by atoms with van der Waals surface area (Å²) in [5.74, 6) is 1.01. The Balaban J connectivity index is 0.000000170. The number of rotatable bonds is 5. The second kappa shape index (κ2) is 7.34. The van der Waals surface area contributed by atoms with E-state index in [9.17, 15) is 0 Å². The van der Waals surface area contributed by atoms with E-state index in [-0.39, 0.29) is 0 Å². The summed E-state index contributed by atoms with van der Waals surface area (Å²) in [6, 6.07) is 0. The number of hydrogen-bond donors (Lipinski definition) is 2. The lowest BCUT2D eigenvalue weighted by Crippen LogP contribution is -2.33. The van der Waals surface area contributed by atoms with Gasteiger partial charge in [-0.05, 0) is 70.6 Å². The SMILES string of the molecule is CCN(CC)CCCN.NC12CCC(CC1)C2. The van der Waals surface area contributed by atoms with Crippen molar-refractivity contribution in [3.05, 3.63) is 0 Å². The molecule has 0 saturated heterocycles. The van der Waals surface area contributed by atoms with Crippen LogP contribution in [0, 0.1) is 5.92 Å². The van der Waals surface area contributed by atoms with Crippen LogP contribution in [0.2, 0.25) is 0 Å². The van der Waals surface area contributed by atoms with E-state index < -0.39 is 0 Å². The maximum atomic E-state index is 6.00. The van der Waals surface area contributed by atoms with Crippen LogP contribution < -0.4 is 11.5 Å². The molecule has 0 heterocycles. The topological polar surface area (TPSA) is 55.3 Å². The molecule has 3 heteroatoms. The molecule has 0 amide bonds. The average Bonchev–Trinajstić information content (AvgIpc) is 2.89. The molecule has 2 fully saturated rings. The molecule has 2 aliphatic rings. The molecule has 2 rings (SSSR count). The van der Waals surface area contributed by atoms with Crippen LogP contribution in [0.3, 0.4) is 0 Å². The summed E-state index contributed by atoms with van der Waals surface area (Å²) in [5.41, 5.74) is 11.7. The van der Waals surface area contributed by atoms with Gasteiger partial charge in [-0.3, -0.25) is 0 Å². The normalized spacial score (nSPS) is 30.5. The van der Waals surface area contributed by atoms with Crippen LogP contribution in [0.1, 0.15) is 52.4 Å². The van der Waals surface area contributed by atoms with E-state index in [1.807, 2.05) is 0 Å². The summed E-state index contributed by atoms with van der Waals surface area (Å²) in [6.07, 6.45) is 7.89. The van der Waals surface area contributed by atoms with Crippen molar-refractivity contribution in [3.8, 4) is 0 Å². The molecule has 102 valence electrons. The van der Waals surface area contributed by atoms with Gasteiger partial charge in [-0.1, -0.05) is 13.8 Å². The fourth-order valence-electron chi connectivity index (χ4n) is 3.09. The van der Waals surface area contributed by atoms with E-state index in [1.165, 1.54) is 32.1 Å². The first-order chi connectivity index (χ1) is 8.13. The molecular weight excluding hydrogens is 210 g/mol. The van der Waals surface area contributed by atoms with Crippen molar-refractivity contribution in [1.82, 2.24) is 4.90 Å². The van der Waals surface area contributed by atoms with E-state index in [4.69, 9.17) is 11.5 Å². The second-order valence-electron chi connectivity index (χ2n) is 5.68. The lowest BCUT2D eigenvalue weighted by molar-refractivity contribution is 0.302. The van der Waals surface area contributed by atoms with Crippen molar-refractivity contribution < 1.29 is 0 Å². The Morgan fingerprint density at radius 3 is 2.00 bits per heavy atom. The largest absolute Gasteiger partial charge is 0.330 e. The molecule has 0 atom stereocenters. The summed E-state index contributed by atoms with van der Waals surface area (Å²) in [4.78, 5) is 2.38. The molecule has 17 heavy (non-hydrogen) atoms. The van der Waals surface area contributed by atoms with Crippen LogP contribution in [-0.2, 0) is 0 Å². The minimum absolute atomic E-state index is 0.310. The van der Waals surface area contributed by atoms with Gasteiger partial charge in [0.25, 0.3) is 0 Å². The van der Waals surface area contributed by atoms with Crippen molar-refractivity contribution in [2.24, 2.45) is 17.4 Å². The molecule has 0 aromatic carbocycles. The lowest BCUT2D eigenvalue weighted by Gasteiger charge is -2.19. The minimum atomic E-state index is 0.310. The summed E-state index contributed by atoms with van der Waals surface area (Å²) in [7, 11) is 0. The first-order valence-corrected chi connectivity index (χ1v) is 7.35. The molecular formula is C14H31N3. The number of nitrogens with two attached hydrogens (primary N) is 2. The van der Waals surface area contributed by atoms with Gasteiger partial charge in [0.1, 0.15) is 0 Å². The molecule has 0 aromatic heterocycles. The smallest absolute Gasteiger partial charge is 0.0157 e. The lowest BCUT2D eigenvalue weighted by atomic mass is 9.95. The van der Waals surface area contributed by atoms with Crippen molar-refractivity contribution >= 4 is 0 Å². The van der Waals surface area contributed by atoms with Crippen molar-refractivity contribution in [2.75, 3.05) is 26.2 Å². The molecule has 2 aliphatic carbocycles. The van der Waals surface area contributed by atoms with Crippen LogP contribution in [0.4, 0.5) is 0 Å². The van der Waals surface area contributed by atoms with Gasteiger partial charge in [0.2, 0.25) is 0 Å². The fraction of sp³-hybridized carbons (Fsp3) is 1.00. The molecule has 2 bridgehead atoms. The predicted molar refractivity (Wildman–Crippen MR) is 75.0 cm³/mol. The first-order valence-electron chi connectivity index (χ1n) is 7.35. The van der Waals surface area contributed by atoms with E-state index >= 15 is 0 Å². The van der Waals surface area contributed by atoms with Crippen molar-refractivity contribution in [3.63, 3.8) is 0 Å². The molecule has 0 radical (unpaired) electrons. The van der Waals surface area contributed by atoms with E-state index in [2.05, 4.69) is 18.7 Å². The standard InChI is InChI=1S/C7H18N2.C7H13N/c1-3-9(4-2)7-5-6-8;8-7-3-1-6(5-7)2-4-7/h3-8H2,1-2H3;6H,1-5,8H2. The van der Waals surface area contributed by atoms with Crippen LogP contribution in [-0.4, -0.2) is 36.6 Å². The minimum Gasteiger partial charge on any atom is -0.330 e. The maximum absolute atomic E-state index is 6.00. The predicted octanol–water partition coefficient (Wildman–Crippen LogP) is 1.95. The molecule has 2 saturated carbocycles. The first kappa shape index (κ1) is 14.9. The highest BCUT2D eigenvalue weighted by atomic mass is 15.1. The zero-order valence-electron chi connectivity index (χ0n) is 11.8. The highest BCUT2D eigenvalue weighted by molar-refractivity contribution is 4.99. The molecule has 0 unspecified atom stereocenters. The quantitative estimate of drug-likeness (QED) is 0.773. The summed E-state index contributed by atoms with van der Waals surface area (Å²) < 4.78 is 0. The van der Waals surface area contributed by atoms with E-state index in [0.29, 0.717) is 5.54 Å². The Hall–Kier alpha value is -0.120. The van der Waals surface area contributed by atoms with Crippen molar-refractivity contribution in [2.45, 2.75) is 57.9 Å². The average molecular weight is 241 g/mol. The van der Waals surface area contributed by atoms with Gasteiger partial charge in [0.15, 0.2) is 0 Å². The third kappa shape index (κ3) is 4.94. The van der Waals surface area contributed by atoms with Crippen LogP contribution in [0.5, 0.6) is 0 Å². The zero-order chi connectivity index (χ0) is 12.7. The number of fused-ring (bicyclic) bond motifs is 2. The van der Waals surface area contributed by atoms with Gasteiger partial charge in [-0.2, -0.15) is 0 Å². The summed E-state index contributed by atoms with van der Waals surface area (Å²) in [5, 5.41) is 0. The van der Waals surface area contributed by atoms with Gasteiger partial charge in [0.05, 0.1) is 0 Å². The maximum Gasteiger partial charge on any atom is 0.0157 e. The molecule has 3 nitrogen and oxygen atoms in total. The Bertz CT molecular complexity index is 194. The summed E-state index contributed by atoms with van der Waals surface area (Å²) >= 11 is 0. The third-order valence-electron chi connectivity index (χ3n) is 4.37. The van der Waals surface area contributed by atoms with E-state index in [1.54, 1.807) is 0 Å². The van der Waals surface area contributed by atoms with Crippen LogP contribution in [0.25, 0.3) is 0 Å². The number of hydrogen-bond acceptors (Lipinski definition) is 3. The Morgan fingerprint density at radius 2 is 1.76 bits per heavy atom. The second-order valence-corrected chi connectivity index (χ2v) is 5.68. The Labute approximate surface area is 107 Å². The van der Waals surface area contributed by atoms with E-state index in [0.717, 1.165) is 38.5 Å².